The predicted molar refractivity (Wildman–Crippen MR) is 81.1 cm³/mol. The quantitative estimate of drug-likeness (QED) is 0.842. The number of aromatic nitrogens is 2. The van der Waals surface area contributed by atoms with Gasteiger partial charge in [0.05, 0.1) is 0 Å². The van der Waals surface area contributed by atoms with Crippen LogP contribution in [-0.4, -0.2) is 29.7 Å². The summed E-state index contributed by atoms with van der Waals surface area (Å²) in [5, 5.41) is 3.49. The van der Waals surface area contributed by atoms with E-state index in [1.807, 2.05) is 18.2 Å². The maximum atomic E-state index is 5.82. The molecule has 1 aromatic heterocycles. The normalized spacial score (nSPS) is 13.0. The fourth-order valence-electron chi connectivity index (χ4n) is 2.10. The van der Waals surface area contributed by atoms with Crippen molar-refractivity contribution in [3.8, 4) is 11.5 Å². The second-order valence-electron chi connectivity index (χ2n) is 4.59. The fraction of sp³-hybridized carbons (Fsp3) is 0.286. The Labute approximate surface area is 127 Å². The second kappa shape index (κ2) is 6.05. The molecule has 0 saturated heterocycles. The lowest BCUT2D eigenvalue weighted by Gasteiger charge is -2.18. The lowest BCUT2D eigenvalue weighted by Crippen LogP contribution is -2.15. The van der Waals surface area contributed by atoms with Crippen molar-refractivity contribution in [2.24, 2.45) is 0 Å². The van der Waals surface area contributed by atoms with Crippen LogP contribution in [0.1, 0.15) is 5.56 Å². The van der Waals surface area contributed by atoms with Crippen molar-refractivity contribution < 1.29 is 9.47 Å². The van der Waals surface area contributed by atoms with Crippen LogP contribution in [0.25, 0.3) is 0 Å². The van der Waals surface area contributed by atoms with E-state index in [2.05, 4.69) is 15.3 Å². The Kier molecular flexibility index (Phi) is 3.96. The van der Waals surface area contributed by atoms with E-state index in [9.17, 15) is 0 Å². The molecule has 2 aromatic rings. The third-order valence-electron chi connectivity index (χ3n) is 3.04. The standard InChI is InChI=1S/C14H15ClN4O2/c15-12-8-13(19-14(16)18-12)17-4-3-9-1-2-10-11(7-9)21-6-5-20-10/h1-2,7-8H,3-6H2,(H3,16,17,18,19). The zero-order valence-electron chi connectivity index (χ0n) is 11.3. The summed E-state index contributed by atoms with van der Waals surface area (Å²) >= 11 is 5.82. The number of halogens is 1. The summed E-state index contributed by atoms with van der Waals surface area (Å²) in [6.07, 6.45) is 0.818. The molecule has 0 amide bonds. The number of ether oxygens (including phenoxy) is 2. The van der Waals surface area contributed by atoms with E-state index in [4.69, 9.17) is 26.8 Å². The van der Waals surface area contributed by atoms with Gasteiger partial charge in [-0.15, -0.1) is 0 Å². The average Bonchev–Trinajstić information content (AvgIpc) is 2.46. The molecule has 0 radical (unpaired) electrons. The van der Waals surface area contributed by atoms with E-state index in [0.717, 1.165) is 23.5 Å². The highest BCUT2D eigenvalue weighted by Crippen LogP contribution is 2.30. The summed E-state index contributed by atoms with van der Waals surface area (Å²) in [4.78, 5) is 7.87. The molecule has 0 saturated carbocycles. The van der Waals surface area contributed by atoms with Crippen LogP contribution in [-0.2, 0) is 6.42 Å². The minimum absolute atomic E-state index is 0.157. The van der Waals surface area contributed by atoms with Crippen LogP contribution in [0, 0.1) is 0 Å². The van der Waals surface area contributed by atoms with E-state index < -0.39 is 0 Å². The molecule has 0 fully saturated rings. The van der Waals surface area contributed by atoms with Crippen LogP contribution in [0.2, 0.25) is 5.15 Å². The lowest BCUT2D eigenvalue weighted by atomic mass is 10.1. The molecule has 1 aliphatic heterocycles. The zero-order valence-corrected chi connectivity index (χ0v) is 12.1. The summed E-state index contributed by atoms with van der Waals surface area (Å²) in [6.45, 7) is 1.89. The minimum atomic E-state index is 0.157. The number of anilines is 2. The van der Waals surface area contributed by atoms with Crippen molar-refractivity contribution in [1.29, 1.82) is 0 Å². The van der Waals surface area contributed by atoms with Gasteiger partial charge < -0.3 is 20.5 Å². The fourth-order valence-corrected chi connectivity index (χ4v) is 2.29. The van der Waals surface area contributed by atoms with Gasteiger partial charge in [-0.25, -0.2) is 4.98 Å². The number of nitrogens with zero attached hydrogens (tertiary/aromatic N) is 2. The Bertz CT molecular complexity index is 631. The SMILES string of the molecule is Nc1nc(Cl)cc(NCCc2ccc3c(c2)OCCO3)n1. The predicted octanol–water partition coefficient (Wildman–Crippen LogP) is 2.14. The van der Waals surface area contributed by atoms with Crippen LogP contribution in [0.4, 0.5) is 11.8 Å². The molecule has 0 bridgehead atoms. The number of fused-ring (bicyclic) bond motifs is 1. The Hall–Kier alpha value is -2.21. The molecule has 0 spiro atoms. The van der Waals surface area contributed by atoms with Crippen molar-refractivity contribution in [3.05, 3.63) is 35.0 Å². The van der Waals surface area contributed by atoms with Crippen LogP contribution in [0.15, 0.2) is 24.3 Å². The van der Waals surface area contributed by atoms with Crippen LogP contribution >= 0.6 is 11.6 Å². The Morgan fingerprint density at radius 3 is 2.76 bits per heavy atom. The summed E-state index contributed by atoms with van der Waals surface area (Å²) < 4.78 is 11.1. The molecule has 3 N–H and O–H groups in total. The number of nitrogens with one attached hydrogen (secondary N) is 1. The molecule has 6 nitrogen and oxygen atoms in total. The van der Waals surface area contributed by atoms with Crippen molar-refractivity contribution in [2.45, 2.75) is 6.42 Å². The highest BCUT2D eigenvalue weighted by molar-refractivity contribution is 6.29. The van der Waals surface area contributed by atoms with Crippen LogP contribution in [0.5, 0.6) is 11.5 Å². The summed E-state index contributed by atoms with van der Waals surface area (Å²) in [7, 11) is 0. The molecule has 3 rings (SSSR count). The van der Waals surface area contributed by atoms with Crippen LogP contribution in [0.3, 0.4) is 0 Å². The van der Waals surface area contributed by atoms with Crippen molar-refractivity contribution in [1.82, 2.24) is 9.97 Å². The average molecular weight is 307 g/mol. The van der Waals surface area contributed by atoms with E-state index in [1.54, 1.807) is 6.07 Å². The van der Waals surface area contributed by atoms with Gasteiger partial charge in [-0.05, 0) is 24.1 Å². The summed E-state index contributed by atoms with van der Waals surface area (Å²) in [6, 6.07) is 7.60. The van der Waals surface area contributed by atoms with Gasteiger partial charge in [-0.2, -0.15) is 4.98 Å². The smallest absolute Gasteiger partial charge is 0.223 e. The van der Waals surface area contributed by atoms with Crippen LogP contribution < -0.4 is 20.5 Å². The molecule has 2 heterocycles. The lowest BCUT2D eigenvalue weighted by molar-refractivity contribution is 0.171. The first kappa shape index (κ1) is 13.8. The molecular formula is C14H15ClN4O2. The molecule has 1 aliphatic rings. The Morgan fingerprint density at radius 1 is 1.14 bits per heavy atom. The highest BCUT2D eigenvalue weighted by atomic mass is 35.5. The van der Waals surface area contributed by atoms with Gasteiger partial charge in [0.2, 0.25) is 5.95 Å². The van der Waals surface area contributed by atoms with Gasteiger partial charge in [0, 0.05) is 12.6 Å². The third-order valence-corrected chi connectivity index (χ3v) is 3.23. The first-order valence-electron chi connectivity index (χ1n) is 6.63. The van der Waals surface area contributed by atoms with E-state index in [1.165, 1.54) is 0 Å². The number of hydrogen-bond donors (Lipinski definition) is 2. The zero-order chi connectivity index (χ0) is 14.7. The number of nitrogens with two attached hydrogens (primary N) is 1. The molecule has 0 aliphatic carbocycles. The third kappa shape index (κ3) is 3.46. The first-order chi connectivity index (χ1) is 10.2. The number of rotatable bonds is 4. The first-order valence-corrected chi connectivity index (χ1v) is 7.01. The van der Waals surface area contributed by atoms with E-state index in [0.29, 0.717) is 30.7 Å². The minimum Gasteiger partial charge on any atom is -0.486 e. The number of nitrogen functional groups attached to an aromatic ring is 1. The van der Waals surface area contributed by atoms with E-state index in [-0.39, 0.29) is 5.95 Å². The maximum absolute atomic E-state index is 5.82. The molecule has 110 valence electrons. The second-order valence-corrected chi connectivity index (χ2v) is 4.98. The molecule has 1 aromatic carbocycles. The van der Waals surface area contributed by atoms with Crippen molar-refractivity contribution >= 4 is 23.4 Å². The maximum Gasteiger partial charge on any atom is 0.223 e. The van der Waals surface area contributed by atoms with Gasteiger partial charge in [-0.1, -0.05) is 17.7 Å². The molecular weight excluding hydrogens is 292 g/mol. The Morgan fingerprint density at radius 2 is 1.95 bits per heavy atom. The monoisotopic (exact) mass is 306 g/mol. The van der Waals surface area contributed by atoms with E-state index >= 15 is 0 Å². The van der Waals surface area contributed by atoms with Gasteiger partial charge in [0.1, 0.15) is 24.2 Å². The Balaban J connectivity index is 1.60. The van der Waals surface area contributed by atoms with Gasteiger partial charge in [-0.3, -0.25) is 0 Å². The van der Waals surface area contributed by atoms with Crippen molar-refractivity contribution in [3.63, 3.8) is 0 Å². The molecule has 21 heavy (non-hydrogen) atoms. The molecule has 7 heteroatoms. The largest absolute Gasteiger partial charge is 0.486 e. The molecule has 0 atom stereocenters. The highest BCUT2D eigenvalue weighted by Gasteiger charge is 2.11. The van der Waals surface area contributed by atoms with Gasteiger partial charge in [0.25, 0.3) is 0 Å². The summed E-state index contributed by atoms with van der Waals surface area (Å²) in [5.41, 5.74) is 6.69. The van der Waals surface area contributed by atoms with Gasteiger partial charge in [0.15, 0.2) is 11.5 Å². The van der Waals surface area contributed by atoms with Crippen molar-refractivity contribution in [2.75, 3.05) is 30.8 Å². The topological polar surface area (TPSA) is 82.3 Å². The number of benzene rings is 1. The summed E-state index contributed by atoms with van der Waals surface area (Å²) in [5.74, 6) is 2.37. The molecule has 0 unspecified atom stereocenters. The van der Waals surface area contributed by atoms with Gasteiger partial charge >= 0.3 is 0 Å². The number of hydrogen-bond acceptors (Lipinski definition) is 6.